The van der Waals surface area contributed by atoms with Crippen molar-refractivity contribution in [1.29, 1.82) is 0 Å². The second-order valence-electron chi connectivity index (χ2n) is 3.02. The molecule has 0 aliphatic heterocycles. The zero-order valence-electron chi connectivity index (χ0n) is 8.03. The van der Waals surface area contributed by atoms with Gasteiger partial charge in [0.25, 0.3) is 0 Å². The Balaban J connectivity index is 2.90. The number of halogens is 1. The van der Waals surface area contributed by atoms with Crippen LogP contribution in [0.25, 0.3) is 0 Å². The summed E-state index contributed by atoms with van der Waals surface area (Å²) in [5.74, 6) is 0. The van der Waals surface area contributed by atoms with E-state index in [-0.39, 0.29) is 0 Å². The van der Waals surface area contributed by atoms with Gasteiger partial charge in [0.1, 0.15) is 0 Å². The standard InChI is InChI=1S/C10H14BrNOS/c1-14-9-5-7(4-8(11)6-9)10(13)2-3-12/h4-6,10,13H,2-3,12H2,1H3. The molecule has 0 spiro atoms. The van der Waals surface area contributed by atoms with Crippen LogP contribution < -0.4 is 5.73 Å². The molecule has 1 aromatic carbocycles. The highest BCUT2D eigenvalue weighted by Gasteiger charge is 2.08. The van der Waals surface area contributed by atoms with Gasteiger partial charge >= 0.3 is 0 Å². The van der Waals surface area contributed by atoms with Gasteiger partial charge in [-0.1, -0.05) is 15.9 Å². The van der Waals surface area contributed by atoms with E-state index >= 15 is 0 Å². The molecule has 0 heterocycles. The Labute approximate surface area is 97.0 Å². The Kier molecular flexibility index (Phi) is 4.95. The van der Waals surface area contributed by atoms with Gasteiger partial charge in [-0.3, -0.25) is 0 Å². The molecule has 4 heteroatoms. The third-order valence-corrected chi connectivity index (χ3v) is 3.12. The number of aliphatic hydroxyl groups is 1. The SMILES string of the molecule is CSc1cc(Br)cc(C(O)CCN)c1. The van der Waals surface area contributed by atoms with E-state index in [0.29, 0.717) is 13.0 Å². The van der Waals surface area contributed by atoms with Gasteiger partial charge in [0, 0.05) is 9.37 Å². The van der Waals surface area contributed by atoms with E-state index in [4.69, 9.17) is 5.73 Å². The van der Waals surface area contributed by atoms with Crippen LogP contribution in [0.3, 0.4) is 0 Å². The van der Waals surface area contributed by atoms with Crippen LogP contribution in [-0.2, 0) is 0 Å². The van der Waals surface area contributed by atoms with E-state index in [1.54, 1.807) is 11.8 Å². The summed E-state index contributed by atoms with van der Waals surface area (Å²) in [4.78, 5) is 1.14. The molecule has 78 valence electrons. The monoisotopic (exact) mass is 275 g/mol. The first kappa shape index (κ1) is 12.0. The lowest BCUT2D eigenvalue weighted by molar-refractivity contribution is 0.170. The van der Waals surface area contributed by atoms with Crippen LogP contribution in [0.4, 0.5) is 0 Å². The fraction of sp³-hybridized carbons (Fsp3) is 0.400. The Morgan fingerprint density at radius 2 is 2.21 bits per heavy atom. The Morgan fingerprint density at radius 1 is 1.50 bits per heavy atom. The van der Waals surface area contributed by atoms with E-state index in [9.17, 15) is 5.11 Å². The summed E-state index contributed by atoms with van der Waals surface area (Å²) in [6.45, 7) is 0.502. The number of aliphatic hydroxyl groups excluding tert-OH is 1. The van der Waals surface area contributed by atoms with Gasteiger partial charge in [-0.05, 0) is 43.0 Å². The van der Waals surface area contributed by atoms with Crippen molar-refractivity contribution in [2.75, 3.05) is 12.8 Å². The van der Waals surface area contributed by atoms with Gasteiger partial charge in [-0.15, -0.1) is 11.8 Å². The lowest BCUT2D eigenvalue weighted by Gasteiger charge is -2.11. The predicted octanol–water partition coefficient (Wildman–Crippen LogP) is 2.55. The topological polar surface area (TPSA) is 46.2 Å². The number of hydrogen-bond acceptors (Lipinski definition) is 3. The summed E-state index contributed by atoms with van der Waals surface area (Å²) >= 11 is 5.08. The molecule has 0 aliphatic carbocycles. The maximum atomic E-state index is 9.75. The lowest BCUT2D eigenvalue weighted by Crippen LogP contribution is -2.06. The molecule has 1 rings (SSSR count). The molecule has 0 radical (unpaired) electrons. The molecule has 2 nitrogen and oxygen atoms in total. The van der Waals surface area contributed by atoms with E-state index in [1.807, 2.05) is 24.5 Å². The zero-order valence-corrected chi connectivity index (χ0v) is 10.4. The van der Waals surface area contributed by atoms with Crippen molar-refractivity contribution in [1.82, 2.24) is 0 Å². The molecule has 14 heavy (non-hydrogen) atoms. The molecular formula is C10H14BrNOS. The highest BCUT2D eigenvalue weighted by atomic mass is 79.9. The quantitative estimate of drug-likeness (QED) is 0.831. The molecule has 1 aromatic rings. The number of nitrogens with two attached hydrogens (primary N) is 1. The van der Waals surface area contributed by atoms with E-state index in [0.717, 1.165) is 14.9 Å². The van der Waals surface area contributed by atoms with Crippen LogP contribution in [0.5, 0.6) is 0 Å². The first-order valence-electron chi connectivity index (χ1n) is 4.40. The van der Waals surface area contributed by atoms with E-state index in [1.165, 1.54) is 0 Å². The maximum absolute atomic E-state index is 9.75. The summed E-state index contributed by atoms with van der Waals surface area (Å²) in [7, 11) is 0. The van der Waals surface area contributed by atoms with Gasteiger partial charge in [0.15, 0.2) is 0 Å². The molecule has 0 saturated carbocycles. The first-order chi connectivity index (χ1) is 6.67. The van der Waals surface area contributed by atoms with Crippen molar-refractivity contribution in [3.8, 4) is 0 Å². The zero-order chi connectivity index (χ0) is 10.6. The Hall–Kier alpha value is -0.0300. The van der Waals surface area contributed by atoms with Crippen LogP contribution in [0, 0.1) is 0 Å². The van der Waals surface area contributed by atoms with Gasteiger partial charge in [-0.25, -0.2) is 0 Å². The van der Waals surface area contributed by atoms with Crippen LogP contribution in [0.15, 0.2) is 27.6 Å². The van der Waals surface area contributed by atoms with Crippen LogP contribution >= 0.6 is 27.7 Å². The fourth-order valence-electron chi connectivity index (χ4n) is 1.22. The molecule has 0 saturated heterocycles. The minimum absolute atomic E-state index is 0.455. The maximum Gasteiger partial charge on any atom is 0.0802 e. The van der Waals surface area contributed by atoms with Gasteiger partial charge < -0.3 is 10.8 Å². The largest absolute Gasteiger partial charge is 0.388 e. The summed E-state index contributed by atoms with van der Waals surface area (Å²) in [5, 5.41) is 9.75. The normalized spacial score (nSPS) is 12.9. The van der Waals surface area contributed by atoms with Crippen molar-refractivity contribution < 1.29 is 5.11 Å². The van der Waals surface area contributed by atoms with E-state index < -0.39 is 6.10 Å². The highest BCUT2D eigenvalue weighted by Crippen LogP contribution is 2.26. The molecule has 1 unspecified atom stereocenters. The van der Waals surface area contributed by atoms with E-state index in [2.05, 4.69) is 15.9 Å². The highest BCUT2D eigenvalue weighted by molar-refractivity contribution is 9.10. The van der Waals surface area contributed by atoms with Crippen LogP contribution in [-0.4, -0.2) is 17.9 Å². The molecule has 0 bridgehead atoms. The molecular weight excluding hydrogens is 262 g/mol. The molecule has 3 N–H and O–H groups in total. The average Bonchev–Trinajstić information content (AvgIpc) is 2.17. The molecule has 0 fully saturated rings. The summed E-state index contributed by atoms with van der Waals surface area (Å²) in [5.41, 5.74) is 6.32. The van der Waals surface area contributed by atoms with Gasteiger partial charge in [0.2, 0.25) is 0 Å². The lowest BCUT2D eigenvalue weighted by atomic mass is 10.1. The van der Waals surface area contributed by atoms with Crippen LogP contribution in [0.2, 0.25) is 0 Å². The fourth-order valence-corrected chi connectivity index (χ4v) is 2.38. The molecule has 0 aliphatic rings. The summed E-state index contributed by atoms with van der Waals surface area (Å²) < 4.78 is 0.996. The Bertz CT molecular complexity index is 306. The second kappa shape index (κ2) is 5.75. The van der Waals surface area contributed by atoms with Gasteiger partial charge in [-0.2, -0.15) is 0 Å². The summed E-state index contributed by atoms with van der Waals surface area (Å²) in [6, 6.07) is 5.96. The number of thioether (sulfide) groups is 1. The number of hydrogen-bond donors (Lipinski definition) is 2. The van der Waals surface area contributed by atoms with Crippen molar-refractivity contribution in [2.24, 2.45) is 5.73 Å². The smallest absolute Gasteiger partial charge is 0.0802 e. The number of rotatable bonds is 4. The van der Waals surface area contributed by atoms with Crippen molar-refractivity contribution >= 4 is 27.7 Å². The first-order valence-corrected chi connectivity index (χ1v) is 6.41. The molecule has 1 atom stereocenters. The van der Waals surface area contributed by atoms with Gasteiger partial charge in [0.05, 0.1) is 6.10 Å². The van der Waals surface area contributed by atoms with Crippen molar-refractivity contribution in [3.63, 3.8) is 0 Å². The molecule has 0 aromatic heterocycles. The van der Waals surface area contributed by atoms with Crippen molar-refractivity contribution in [2.45, 2.75) is 17.4 Å². The van der Waals surface area contributed by atoms with Crippen molar-refractivity contribution in [3.05, 3.63) is 28.2 Å². The minimum Gasteiger partial charge on any atom is -0.388 e. The Morgan fingerprint density at radius 3 is 2.79 bits per heavy atom. The second-order valence-corrected chi connectivity index (χ2v) is 4.81. The summed E-state index contributed by atoms with van der Waals surface area (Å²) in [6.07, 6.45) is 2.16. The predicted molar refractivity (Wildman–Crippen MR) is 64.6 cm³/mol. The number of benzene rings is 1. The third-order valence-electron chi connectivity index (χ3n) is 1.95. The third kappa shape index (κ3) is 3.28. The molecule has 0 amide bonds. The minimum atomic E-state index is -0.455. The van der Waals surface area contributed by atoms with Crippen LogP contribution in [0.1, 0.15) is 18.1 Å². The average molecular weight is 276 g/mol.